The van der Waals surface area contributed by atoms with Crippen LogP contribution >= 0.6 is 11.3 Å². The molecule has 0 radical (unpaired) electrons. The number of urea groups is 1. The number of carbonyl (C=O) groups is 2. The molecule has 3 N–H and O–H groups in total. The van der Waals surface area contributed by atoms with Crippen LogP contribution in [0.15, 0.2) is 52.8 Å². The fourth-order valence-corrected chi connectivity index (χ4v) is 3.56. The zero-order chi connectivity index (χ0) is 21.7. The first-order valence-electron chi connectivity index (χ1n) is 9.28. The van der Waals surface area contributed by atoms with Crippen LogP contribution in [-0.4, -0.2) is 26.7 Å². The maximum absolute atomic E-state index is 12.7. The molecule has 2 amide bonds. The summed E-state index contributed by atoms with van der Waals surface area (Å²) < 4.78 is 1.46. The molecule has 0 aliphatic carbocycles. The van der Waals surface area contributed by atoms with Crippen molar-refractivity contribution in [2.45, 2.75) is 32.9 Å². The Morgan fingerprint density at radius 1 is 1.20 bits per heavy atom. The molecule has 0 aliphatic heterocycles. The van der Waals surface area contributed by atoms with Gasteiger partial charge in [0.2, 0.25) is 0 Å². The van der Waals surface area contributed by atoms with Crippen LogP contribution in [0, 0.1) is 13.8 Å². The number of thiazole rings is 1. The minimum atomic E-state index is -1.04. The number of aryl methyl sites for hydroxylation is 2. The summed E-state index contributed by atoms with van der Waals surface area (Å²) in [5, 5.41) is 17.2. The van der Waals surface area contributed by atoms with Crippen molar-refractivity contribution in [1.82, 2.24) is 14.9 Å². The Morgan fingerprint density at radius 3 is 2.57 bits per heavy atom. The standard InChI is InChI=1S/C21H22N4O4S/c1-13-5-7-15(8-6-13)18(10-19(26)27)24-21(29)23-17-4-3-9-25(20(17)28)11-16-12-30-14(2)22-16/h3-9,12,18H,10-11H2,1-2H3,(H,26,27)(H2,23,24,29)/t18-/m0/s1. The van der Waals surface area contributed by atoms with Crippen LogP contribution in [0.1, 0.15) is 34.3 Å². The predicted octanol–water partition coefficient (Wildman–Crippen LogP) is 3.31. The lowest BCUT2D eigenvalue weighted by atomic mass is 10.0. The SMILES string of the molecule is Cc1ccc([C@H](CC(=O)O)NC(=O)Nc2cccn(Cc3csc(C)n3)c2=O)cc1. The summed E-state index contributed by atoms with van der Waals surface area (Å²) in [7, 11) is 0. The topological polar surface area (TPSA) is 113 Å². The quantitative estimate of drug-likeness (QED) is 0.536. The Balaban J connectivity index is 1.74. The van der Waals surface area contributed by atoms with Crippen molar-refractivity contribution >= 4 is 29.0 Å². The van der Waals surface area contributed by atoms with Gasteiger partial charge in [-0.25, -0.2) is 9.78 Å². The fourth-order valence-electron chi connectivity index (χ4n) is 2.95. The van der Waals surface area contributed by atoms with Crippen LogP contribution in [0.2, 0.25) is 0 Å². The molecule has 2 aromatic heterocycles. The van der Waals surface area contributed by atoms with Crippen molar-refractivity contribution in [3.63, 3.8) is 0 Å². The molecule has 1 aromatic carbocycles. The Kier molecular flexibility index (Phi) is 6.63. The van der Waals surface area contributed by atoms with Crippen molar-refractivity contribution in [3.05, 3.63) is 80.2 Å². The maximum Gasteiger partial charge on any atom is 0.319 e. The molecule has 0 spiro atoms. The van der Waals surface area contributed by atoms with Gasteiger partial charge in [0.15, 0.2) is 0 Å². The first-order chi connectivity index (χ1) is 14.3. The number of hydrogen-bond acceptors (Lipinski definition) is 5. The molecule has 0 unspecified atom stereocenters. The third-order valence-electron chi connectivity index (χ3n) is 4.43. The number of benzene rings is 1. The van der Waals surface area contributed by atoms with E-state index in [0.717, 1.165) is 16.3 Å². The summed E-state index contributed by atoms with van der Waals surface area (Å²) in [6.07, 6.45) is 1.35. The van der Waals surface area contributed by atoms with Crippen LogP contribution in [0.25, 0.3) is 0 Å². The van der Waals surface area contributed by atoms with Gasteiger partial charge >= 0.3 is 12.0 Å². The highest BCUT2D eigenvalue weighted by Crippen LogP contribution is 2.18. The van der Waals surface area contributed by atoms with Gasteiger partial charge in [0.1, 0.15) is 5.69 Å². The van der Waals surface area contributed by atoms with Crippen molar-refractivity contribution < 1.29 is 14.7 Å². The smallest absolute Gasteiger partial charge is 0.319 e. The van der Waals surface area contributed by atoms with Gasteiger partial charge in [-0.2, -0.15) is 0 Å². The molecule has 0 saturated heterocycles. The number of aromatic nitrogens is 2. The molecule has 3 rings (SSSR count). The maximum atomic E-state index is 12.7. The Labute approximate surface area is 177 Å². The predicted molar refractivity (Wildman–Crippen MR) is 115 cm³/mol. The summed E-state index contributed by atoms with van der Waals surface area (Å²) >= 11 is 1.50. The van der Waals surface area contributed by atoms with E-state index >= 15 is 0 Å². The van der Waals surface area contributed by atoms with E-state index in [2.05, 4.69) is 15.6 Å². The minimum Gasteiger partial charge on any atom is -0.481 e. The Bertz CT molecular complexity index is 1100. The van der Waals surface area contributed by atoms with Gasteiger partial charge in [-0.3, -0.25) is 9.59 Å². The molecule has 30 heavy (non-hydrogen) atoms. The number of aliphatic carboxylic acids is 1. The molecular formula is C21H22N4O4S. The third kappa shape index (κ3) is 5.54. The van der Waals surface area contributed by atoms with Crippen LogP contribution in [0.4, 0.5) is 10.5 Å². The van der Waals surface area contributed by atoms with E-state index in [-0.39, 0.29) is 17.7 Å². The second-order valence-electron chi connectivity index (χ2n) is 6.87. The monoisotopic (exact) mass is 426 g/mol. The van der Waals surface area contributed by atoms with Crippen LogP contribution < -0.4 is 16.2 Å². The summed E-state index contributed by atoms with van der Waals surface area (Å²) in [6, 6.07) is 9.02. The highest BCUT2D eigenvalue weighted by Gasteiger charge is 2.19. The number of nitrogens with zero attached hydrogens (tertiary/aromatic N) is 2. The molecule has 0 fully saturated rings. The van der Waals surface area contributed by atoms with Gasteiger partial charge in [-0.1, -0.05) is 29.8 Å². The zero-order valence-corrected chi connectivity index (χ0v) is 17.4. The molecule has 3 aromatic rings. The highest BCUT2D eigenvalue weighted by molar-refractivity contribution is 7.09. The molecule has 156 valence electrons. The third-order valence-corrected chi connectivity index (χ3v) is 5.25. The average Bonchev–Trinajstić information content (AvgIpc) is 3.09. The molecule has 1 atom stereocenters. The fraction of sp³-hybridized carbons (Fsp3) is 0.238. The largest absolute Gasteiger partial charge is 0.481 e. The number of anilines is 1. The molecular weight excluding hydrogens is 404 g/mol. The van der Waals surface area contributed by atoms with Crippen molar-refractivity contribution in [1.29, 1.82) is 0 Å². The minimum absolute atomic E-state index is 0.0972. The molecule has 0 aliphatic rings. The lowest BCUT2D eigenvalue weighted by molar-refractivity contribution is -0.137. The summed E-state index contributed by atoms with van der Waals surface area (Å²) in [4.78, 5) is 40.8. The van der Waals surface area contributed by atoms with Crippen molar-refractivity contribution in [2.75, 3.05) is 5.32 Å². The zero-order valence-electron chi connectivity index (χ0n) is 16.6. The molecule has 2 heterocycles. The van der Waals surface area contributed by atoms with Gasteiger partial charge in [0.25, 0.3) is 5.56 Å². The molecule has 9 heteroatoms. The van der Waals surface area contributed by atoms with E-state index in [0.29, 0.717) is 12.1 Å². The number of carboxylic acids is 1. The Hall–Kier alpha value is -3.46. The number of pyridine rings is 1. The van der Waals surface area contributed by atoms with E-state index in [1.807, 2.05) is 31.4 Å². The molecule has 0 saturated carbocycles. The number of rotatable bonds is 7. The molecule has 0 bridgehead atoms. The van der Waals surface area contributed by atoms with Gasteiger partial charge in [-0.15, -0.1) is 11.3 Å². The average molecular weight is 426 g/mol. The van der Waals surface area contributed by atoms with E-state index in [1.165, 1.54) is 22.0 Å². The number of nitrogens with one attached hydrogen (secondary N) is 2. The van der Waals surface area contributed by atoms with E-state index in [4.69, 9.17) is 0 Å². The number of carbonyl (C=O) groups excluding carboxylic acids is 1. The number of hydrogen-bond donors (Lipinski definition) is 3. The second kappa shape index (κ2) is 9.36. The lowest BCUT2D eigenvalue weighted by Gasteiger charge is -2.18. The van der Waals surface area contributed by atoms with E-state index in [1.54, 1.807) is 24.4 Å². The number of amides is 2. The molecule has 8 nitrogen and oxygen atoms in total. The van der Waals surface area contributed by atoms with Gasteiger partial charge in [-0.05, 0) is 31.5 Å². The van der Waals surface area contributed by atoms with Crippen molar-refractivity contribution in [2.24, 2.45) is 0 Å². The van der Waals surface area contributed by atoms with Crippen LogP contribution in [-0.2, 0) is 11.3 Å². The van der Waals surface area contributed by atoms with Crippen molar-refractivity contribution in [3.8, 4) is 0 Å². The lowest BCUT2D eigenvalue weighted by Crippen LogP contribution is -2.36. The van der Waals surface area contributed by atoms with Gasteiger partial charge < -0.3 is 20.3 Å². The first kappa shape index (κ1) is 21.3. The summed E-state index contributed by atoms with van der Waals surface area (Å²) in [5.74, 6) is -1.04. The highest BCUT2D eigenvalue weighted by atomic mass is 32.1. The normalized spacial score (nSPS) is 11.7. The second-order valence-corrected chi connectivity index (χ2v) is 7.93. The van der Waals surface area contributed by atoms with E-state index in [9.17, 15) is 19.5 Å². The van der Waals surface area contributed by atoms with Crippen LogP contribution in [0.5, 0.6) is 0 Å². The van der Waals surface area contributed by atoms with E-state index < -0.39 is 18.0 Å². The summed E-state index contributed by atoms with van der Waals surface area (Å²) in [5.41, 5.74) is 2.19. The van der Waals surface area contributed by atoms with Gasteiger partial charge in [0.05, 0.1) is 29.7 Å². The number of carboxylic acid groups (broad SMARTS) is 1. The summed E-state index contributed by atoms with van der Waals surface area (Å²) in [6.45, 7) is 4.11. The van der Waals surface area contributed by atoms with Crippen LogP contribution in [0.3, 0.4) is 0 Å². The van der Waals surface area contributed by atoms with Gasteiger partial charge in [0, 0.05) is 11.6 Å². The Morgan fingerprint density at radius 2 is 1.93 bits per heavy atom. The first-order valence-corrected chi connectivity index (χ1v) is 10.2.